The van der Waals surface area contributed by atoms with Crippen LogP contribution in [0, 0.1) is 11.6 Å². The monoisotopic (exact) mass is 334 g/mol. The number of H-pyrrole nitrogens is 1. The first-order valence-electron chi connectivity index (χ1n) is 7.52. The SMILES string of the molecule is Cl.Fc1ccc(-c2cccc3[nH]c4c(c23)CCNCC4)cc1F. The van der Waals surface area contributed by atoms with Gasteiger partial charge < -0.3 is 10.3 Å². The van der Waals surface area contributed by atoms with Crippen LogP contribution in [0.5, 0.6) is 0 Å². The van der Waals surface area contributed by atoms with E-state index in [2.05, 4.69) is 10.3 Å². The van der Waals surface area contributed by atoms with Crippen LogP contribution in [0.1, 0.15) is 11.3 Å². The molecule has 0 fully saturated rings. The summed E-state index contributed by atoms with van der Waals surface area (Å²) >= 11 is 0. The molecule has 1 aromatic heterocycles. The van der Waals surface area contributed by atoms with Gasteiger partial charge in [0.05, 0.1) is 0 Å². The fourth-order valence-electron chi connectivity index (χ4n) is 3.32. The summed E-state index contributed by atoms with van der Waals surface area (Å²) < 4.78 is 26.8. The molecule has 5 heteroatoms. The molecule has 1 aliphatic heterocycles. The van der Waals surface area contributed by atoms with Crippen molar-refractivity contribution in [2.24, 2.45) is 0 Å². The number of aromatic nitrogens is 1. The normalized spacial score (nSPS) is 14.2. The first-order valence-corrected chi connectivity index (χ1v) is 7.52. The number of hydrogen-bond donors (Lipinski definition) is 2. The predicted molar refractivity (Wildman–Crippen MR) is 91.2 cm³/mol. The summed E-state index contributed by atoms with van der Waals surface area (Å²) in [4.78, 5) is 3.48. The van der Waals surface area contributed by atoms with E-state index in [1.807, 2.05) is 18.2 Å². The molecule has 0 aliphatic carbocycles. The van der Waals surface area contributed by atoms with Crippen LogP contribution in [0.2, 0.25) is 0 Å². The number of aromatic amines is 1. The third-order valence-electron chi connectivity index (χ3n) is 4.35. The predicted octanol–water partition coefficient (Wildman–Crippen LogP) is 4.22. The molecule has 0 bridgehead atoms. The molecule has 2 aromatic carbocycles. The van der Waals surface area contributed by atoms with E-state index in [1.54, 1.807) is 6.07 Å². The Morgan fingerprint density at radius 3 is 2.57 bits per heavy atom. The largest absolute Gasteiger partial charge is 0.358 e. The quantitative estimate of drug-likeness (QED) is 0.685. The summed E-state index contributed by atoms with van der Waals surface area (Å²) in [5.74, 6) is -1.62. The third kappa shape index (κ3) is 2.73. The molecule has 0 amide bonds. The fourth-order valence-corrected chi connectivity index (χ4v) is 3.32. The molecule has 0 unspecified atom stereocenters. The maximum absolute atomic E-state index is 13.6. The minimum absolute atomic E-state index is 0. The molecule has 3 aromatic rings. The van der Waals surface area contributed by atoms with Crippen molar-refractivity contribution in [2.45, 2.75) is 12.8 Å². The van der Waals surface area contributed by atoms with E-state index in [9.17, 15) is 8.78 Å². The summed E-state index contributed by atoms with van der Waals surface area (Å²) in [6.45, 7) is 1.90. The average Bonchev–Trinajstić information content (AvgIpc) is 2.72. The van der Waals surface area contributed by atoms with Crippen LogP contribution >= 0.6 is 12.4 Å². The van der Waals surface area contributed by atoms with Crippen molar-refractivity contribution in [1.29, 1.82) is 0 Å². The molecule has 0 saturated heterocycles. The van der Waals surface area contributed by atoms with Crippen LogP contribution in [0.3, 0.4) is 0 Å². The molecule has 1 aliphatic rings. The Bertz CT molecular complexity index is 858. The minimum atomic E-state index is -0.812. The summed E-state index contributed by atoms with van der Waals surface area (Å²) in [5, 5.41) is 4.52. The molecule has 2 N–H and O–H groups in total. The number of nitrogens with one attached hydrogen (secondary N) is 2. The van der Waals surface area contributed by atoms with E-state index in [0.29, 0.717) is 5.56 Å². The number of benzene rings is 2. The Morgan fingerprint density at radius 2 is 1.74 bits per heavy atom. The zero-order chi connectivity index (χ0) is 15.1. The summed E-state index contributed by atoms with van der Waals surface area (Å²) in [6.07, 6.45) is 1.90. The van der Waals surface area contributed by atoms with Crippen molar-refractivity contribution in [2.75, 3.05) is 13.1 Å². The standard InChI is InChI=1S/C18H16F2N2.ClH/c19-14-5-4-11(10-15(14)20)12-2-1-3-17-18(12)13-6-8-21-9-7-16(13)22-17;/h1-5,10,21-22H,6-9H2;1H. The summed E-state index contributed by atoms with van der Waals surface area (Å²) in [7, 11) is 0. The van der Waals surface area contributed by atoms with Gasteiger partial charge in [-0.15, -0.1) is 12.4 Å². The molecule has 0 spiro atoms. The van der Waals surface area contributed by atoms with E-state index >= 15 is 0 Å². The van der Waals surface area contributed by atoms with Gasteiger partial charge in [-0.2, -0.15) is 0 Å². The minimum Gasteiger partial charge on any atom is -0.358 e. The second-order valence-corrected chi connectivity index (χ2v) is 5.69. The number of rotatable bonds is 1. The zero-order valence-electron chi connectivity index (χ0n) is 12.5. The fraction of sp³-hybridized carbons (Fsp3) is 0.222. The number of halogens is 3. The van der Waals surface area contributed by atoms with Crippen molar-refractivity contribution in [3.05, 3.63) is 59.3 Å². The van der Waals surface area contributed by atoms with Gasteiger partial charge >= 0.3 is 0 Å². The highest BCUT2D eigenvalue weighted by atomic mass is 35.5. The summed E-state index contributed by atoms with van der Waals surface area (Å²) in [6, 6.07) is 10.1. The lowest BCUT2D eigenvalue weighted by Gasteiger charge is -2.07. The first-order chi connectivity index (χ1) is 10.7. The maximum atomic E-state index is 13.6. The molecule has 23 heavy (non-hydrogen) atoms. The average molecular weight is 335 g/mol. The Balaban J connectivity index is 0.00000156. The van der Waals surface area contributed by atoms with Gasteiger partial charge in [-0.3, -0.25) is 0 Å². The Kier molecular flexibility index (Phi) is 4.37. The van der Waals surface area contributed by atoms with Crippen molar-refractivity contribution < 1.29 is 8.78 Å². The molecule has 120 valence electrons. The second-order valence-electron chi connectivity index (χ2n) is 5.69. The Morgan fingerprint density at radius 1 is 0.913 bits per heavy atom. The van der Waals surface area contributed by atoms with Crippen molar-refractivity contribution >= 4 is 23.3 Å². The van der Waals surface area contributed by atoms with Gasteiger partial charge in [0.25, 0.3) is 0 Å². The summed E-state index contributed by atoms with van der Waals surface area (Å²) in [5.41, 5.74) is 5.27. The van der Waals surface area contributed by atoms with Gasteiger partial charge in [0.15, 0.2) is 11.6 Å². The van der Waals surface area contributed by atoms with Crippen molar-refractivity contribution in [3.8, 4) is 11.1 Å². The second kappa shape index (κ2) is 6.30. The van der Waals surface area contributed by atoms with Gasteiger partial charge in [0.1, 0.15) is 0 Å². The molecule has 0 saturated carbocycles. The first kappa shape index (κ1) is 16.0. The highest BCUT2D eigenvalue weighted by Gasteiger charge is 2.17. The lowest BCUT2D eigenvalue weighted by atomic mass is 9.97. The molecular formula is C18H17ClF2N2. The van der Waals surface area contributed by atoms with Crippen LogP contribution in [-0.2, 0) is 12.8 Å². The van der Waals surface area contributed by atoms with Crippen molar-refractivity contribution in [3.63, 3.8) is 0 Å². The van der Waals surface area contributed by atoms with E-state index in [1.165, 1.54) is 23.4 Å². The third-order valence-corrected chi connectivity index (χ3v) is 4.35. The molecule has 2 nitrogen and oxygen atoms in total. The smallest absolute Gasteiger partial charge is 0.159 e. The van der Waals surface area contributed by atoms with Crippen LogP contribution in [0.25, 0.3) is 22.0 Å². The molecule has 0 atom stereocenters. The van der Waals surface area contributed by atoms with Gasteiger partial charge in [0, 0.05) is 29.6 Å². The van der Waals surface area contributed by atoms with Crippen LogP contribution in [0.15, 0.2) is 36.4 Å². The van der Waals surface area contributed by atoms with E-state index < -0.39 is 11.6 Å². The van der Waals surface area contributed by atoms with E-state index in [0.717, 1.165) is 42.4 Å². The molecule has 2 heterocycles. The van der Waals surface area contributed by atoms with Gasteiger partial charge in [-0.25, -0.2) is 8.78 Å². The van der Waals surface area contributed by atoms with Crippen LogP contribution < -0.4 is 5.32 Å². The highest BCUT2D eigenvalue weighted by molar-refractivity contribution is 5.98. The van der Waals surface area contributed by atoms with Gasteiger partial charge in [-0.1, -0.05) is 18.2 Å². The van der Waals surface area contributed by atoms with Crippen molar-refractivity contribution in [1.82, 2.24) is 10.3 Å². The van der Waals surface area contributed by atoms with Gasteiger partial charge in [0.2, 0.25) is 0 Å². The Hall–Kier alpha value is -1.91. The van der Waals surface area contributed by atoms with Crippen LogP contribution in [0.4, 0.5) is 8.78 Å². The lowest BCUT2D eigenvalue weighted by molar-refractivity contribution is 0.509. The molecular weight excluding hydrogens is 318 g/mol. The number of fused-ring (bicyclic) bond motifs is 3. The lowest BCUT2D eigenvalue weighted by Crippen LogP contribution is -2.16. The van der Waals surface area contributed by atoms with E-state index in [4.69, 9.17) is 0 Å². The molecule has 0 radical (unpaired) electrons. The van der Waals surface area contributed by atoms with Gasteiger partial charge in [-0.05, 0) is 47.9 Å². The number of hydrogen-bond acceptors (Lipinski definition) is 1. The maximum Gasteiger partial charge on any atom is 0.159 e. The topological polar surface area (TPSA) is 27.8 Å². The van der Waals surface area contributed by atoms with E-state index in [-0.39, 0.29) is 12.4 Å². The molecule has 4 rings (SSSR count). The Labute approximate surface area is 139 Å². The zero-order valence-corrected chi connectivity index (χ0v) is 13.3. The highest BCUT2D eigenvalue weighted by Crippen LogP contribution is 2.34. The van der Waals surface area contributed by atoms with Crippen LogP contribution in [-0.4, -0.2) is 18.1 Å².